The molecule has 2 heteroatoms. The Morgan fingerprint density at radius 3 is 2.00 bits per heavy atom. The quantitative estimate of drug-likeness (QED) is 0.255. The van der Waals surface area contributed by atoms with Crippen molar-refractivity contribution in [3.8, 4) is 0 Å². The maximum atomic E-state index is 2.45. The van der Waals surface area contributed by atoms with Crippen molar-refractivity contribution >= 4 is 34.5 Å². The number of hydrogen-bond acceptors (Lipinski definition) is 1. The van der Waals surface area contributed by atoms with Gasteiger partial charge in [0.05, 0.1) is 0 Å². The first-order valence-corrected chi connectivity index (χ1v) is 15.0. The molecule has 0 heterocycles. The Hall–Kier alpha value is -0.522. The van der Waals surface area contributed by atoms with Gasteiger partial charge in [0.25, 0.3) is 0 Å². The minimum absolute atomic E-state index is 0. The van der Waals surface area contributed by atoms with Crippen molar-refractivity contribution in [2.45, 2.75) is 80.4 Å². The Balaban J connectivity index is 0.00000312. The molecular weight excluding hydrogens is 414 g/mol. The Labute approximate surface area is 162 Å². The van der Waals surface area contributed by atoms with Crippen LogP contribution in [-0.4, -0.2) is 25.7 Å². The van der Waals surface area contributed by atoms with Gasteiger partial charge < -0.3 is 5.48 Å². The summed E-state index contributed by atoms with van der Waals surface area (Å²) in [7, 11) is 0. The first kappa shape index (κ1) is 22.5. The average molecular weight is 450 g/mol. The summed E-state index contributed by atoms with van der Waals surface area (Å²) < 4.78 is 4.81. The fraction of sp³-hybridized carbons (Fsp3) is 0.565. The van der Waals surface area contributed by atoms with Crippen molar-refractivity contribution in [1.29, 1.82) is 0 Å². The molecule has 2 aromatic rings. The van der Waals surface area contributed by atoms with Crippen molar-refractivity contribution in [2.24, 2.45) is 0 Å². The third kappa shape index (κ3) is 7.71. The third-order valence-electron chi connectivity index (χ3n) is 4.88. The molecule has 0 saturated heterocycles. The van der Waals surface area contributed by atoms with Crippen LogP contribution in [0, 0.1) is 0 Å². The Kier molecular flexibility index (Phi) is 12.3. The monoisotopic (exact) mass is 449 g/mol. The van der Waals surface area contributed by atoms with Gasteiger partial charge in [0.1, 0.15) is 0 Å². The van der Waals surface area contributed by atoms with Crippen LogP contribution >= 0.6 is 0 Å². The Bertz CT molecular complexity index is 576. The van der Waals surface area contributed by atoms with Gasteiger partial charge in [0.2, 0.25) is 0 Å². The molecule has 0 fully saturated rings. The van der Waals surface area contributed by atoms with Crippen LogP contribution in [0.4, 0.5) is 0 Å². The van der Waals surface area contributed by atoms with Crippen LogP contribution in [-0.2, 0) is 0 Å². The maximum absolute atomic E-state index is 2.45. The zero-order valence-corrected chi connectivity index (χ0v) is 18.8. The van der Waals surface area contributed by atoms with E-state index in [1.54, 1.807) is 13.3 Å². The molecule has 0 saturated carbocycles. The van der Waals surface area contributed by atoms with Crippen LogP contribution in [0.3, 0.4) is 0 Å². The number of fused-ring (bicyclic) bond motifs is 1. The average Bonchev–Trinajstić information content (AvgIpc) is 2.62. The molecule has 0 aliphatic carbocycles. The molecule has 2 aromatic carbocycles. The van der Waals surface area contributed by atoms with E-state index in [4.69, 9.17) is 0 Å². The summed E-state index contributed by atoms with van der Waals surface area (Å²) in [6.07, 6.45) is 12.9. The van der Waals surface area contributed by atoms with Gasteiger partial charge in [-0.2, -0.15) is 0 Å². The van der Waals surface area contributed by atoms with E-state index >= 15 is 0 Å². The van der Waals surface area contributed by atoms with Crippen LogP contribution < -0.4 is 3.51 Å². The fourth-order valence-electron chi connectivity index (χ4n) is 3.54. The molecule has 0 bridgehead atoms. The Morgan fingerprint density at radius 2 is 1.28 bits per heavy atom. The molecule has 0 unspecified atom stereocenters. The van der Waals surface area contributed by atoms with Gasteiger partial charge in [-0.3, -0.25) is 0 Å². The van der Waals surface area contributed by atoms with Gasteiger partial charge in [0, 0.05) is 0 Å². The van der Waals surface area contributed by atoms with Crippen molar-refractivity contribution < 1.29 is 5.48 Å². The summed E-state index contributed by atoms with van der Waals surface area (Å²) in [5, 5.41) is 2.99. The van der Waals surface area contributed by atoms with Crippen molar-refractivity contribution in [3.05, 3.63) is 42.5 Å². The summed E-state index contributed by atoms with van der Waals surface area (Å²) >= 11 is -1.31. The fourth-order valence-corrected chi connectivity index (χ4v) is 11.2. The van der Waals surface area contributed by atoms with Crippen molar-refractivity contribution in [1.82, 2.24) is 0 Å². The number of unbranched alkanes of at least 4 members (excludes halogenated alkanes) is 7. The SMILES string of the molecule is CCCCCCCCC[CH2][Sb+]([CH2]CC)[c]1cccc2ccccc12.[OH-]. The van der Waals surface area contributed by atoms with Gasteiger partial charge in [-0.05, 0) is 0 Å². The second kappa shape index (κ2) is 13.7. The van der Waals surface area contributed by atoms with Gasteiger partial charge in [-0.1, -0.05) is 0 Å². The normalized spacial score (nSPS) is 11.0. The minimum atomic E-state index is -1.31. The molecule has 139 valence electrons. The molecule has 25 heavy (non-hydrogen) atoms. The largest absolute Gasteiger partial charge is 0.870 e. The van der Waals surface area contributed by atoms with Gasteiger partial charge in [-0.25, -0.2) is 0 Å². The third-order valence-corrected chi connectivity index (χ3v) is 13.2. The standard InChI is InChI=1S/C10H7.C10H21.C3H7.H2O.Sb/c1-2-6-10-8-4-3-7-9(10)5-1;1-3-5-7-9-10-8-6-4-2;1-3-2;;/h1-7H;1,3-10H2,2H3;1,3H2,2H3;1H2;/q;;;;+1/p-1. The molecule has 0 aromatic heterocycles. The van der Waals surface area contributed by atoms with E-state index in [1.165, 1.54) is 67.5 Å². The minimum Gasteiger partial charge on any atom is -0.870 e. The second-order valence-electron chi connectivity index (χ2n) is 6.96. The van der Waals surface area contributed by atoms with Crippen LogP contribution in [0.15, 0.2) is 42.5 Å². The summed E-state index contributed by atoms with van der Waals surface area (Å²) in [6, 6.07) is 16.0. The van der Waals surface area contributed by atoms with E-state index in [-0.39, 0.29) is 5.48 Å². The molecule has 1 nitrogen and oxygen atoms in total. The van der Waals surface area contributed by atoms with E-state index in [0.29, 0.717) is 0 Å². The topological polar surface area (TPSA) is 30.0 Å². The summed E-state index contributed by atoms with van der Waals surface area (Å²) in [6.45, 7) is 4.67. The molecular formula is C23H36OSb. The predicted molar refractivity (Wildman–Crippen MR) is 114 cm³/mol. The molecule has 0 atom stereocenters. The van der Waals surface area contributed by atoms with E-state index in [0.717, 1.165) is 0 Å². The van der Waals surface area contributed by atoms with Crippen molar-refractivity contribution in [3.63, 3.8) is 0 Å². The molecule has 2 rings (SSSR count). The summed E-state index contributed by atoms with van der Waals surface area (Å²) in [5.41, 5.74) is 0. The number of rotatable bonds is 12. The van der Waals surface area contributed by atoms with Gasteiger partial charge in [0.15, 0.2) is 0 Å². The molecule has 0 aliphatic heterocycles. The van der Waals surface area contributed by atoms with E-state index in [1.807, 2.05) is 0 Å². The van der Waals surface area contributed by atoms with E-state index < -0.39 is 20.2 Å². The van der Waals surface area contributed by atoms with Gasteiger partial charge >= 0.3 is 157 Å². The predicted octanol–water partition coefficient (Wildman–Crippen LogP) is 6.92. The number of benzene rings is 2. The van der Waals surface area contributed by atoms with E-state index in [9.17, 15) is 0 Å². The van der Waals surface area contributed by atoms with Gasteiger partial charge in [-0.15, -0.1) is 0 Å². The smallest absolute Gasteiger partial charge is 0.870 e. The summed E-state index contributed by atoms with van der Waals surface area (Å²) in [4.78, 5) is 0. The first-order chi connectivity index (χ1) is 11.9. The van der Waals surface area contributed by atoms with Crippen LogP contribution in [0.5, 0.6) is 0 Å². The second-order valence-corrected chi connectivity index (χ2v) is 14.0. The van der Waals surface area contributed by atoms with Crippen LogP contribution in [0.25, 0.3) is 10.8 Å². The van der Waals surface area contributed by atoms with E-state index in [2.05, 4.69) is 56.3 Å². The first-order valence-electron chi connectivity index (χ1n) is 10.1. The van der Waals surface area contributed by atoms with Crippen LogP contribution in [0.2, 0.25) is 8.73 Å². The van der Waals surface area contributed by atoms with Crippen molar-refractivity contribution in [2.75, 3.05) is 0 Å². The molecule has 1 N–H and O–H groups in total. The maximum Gasteiger partial charge on any atom is -0.870 e. The molecule has 0 amide bonds. The zero-order chi connectivity index (χ0) is 17.0. The number of hydrogen-bond donors (Lipinski definition) is 0. The Morgan fingerprint density at radius 1 is 0.640 bits per heavy atom. The molecule has 1 radical (unpaired) electrons. The molecule has 0 aliphatic rings. The molecule has 0 spiro atoms. The van der Waals surface area contributed by atoms with Crippen LogP contribution in [0.1, 0.15) is 71.6 Å². The zero-order valence-electron chi connectivity index (χ0n) is 16.2. The summed E-state index contributed by atoms with van der Waals surface area (Å²) in [5.74, 6) is 0.